The van der Waals surface area contributed by atoms with Crippen LogP contribution in [0.4, 0.5) is 0 Å². The summed E-state index contributed by atoms with van der Waals surface area (Å²) in [7, 11) is -0.534. The predicted octanol–water partition coefficient (Wildman–Crippen LogP) is -0.474. The van der Waals surface area contributed by atoms with Crippen LogP contribution in [0.2, 0.25) is 0 Å². The van der Waals surface area contributed by atoms with Gasteiger partial charge in [-0.15, -0.1) is 0 Å². The molecule has 0 aliphatic heterocycles. The molecule has 19 heavy (non-hydrogen) atoms. The van der Waals surface area contributed by atoms with Gasteiger partial charge in [-0.3, -0.25) is 13.8 Å². The smallest absolute Gasteiger partial charge is 0.336 e. The molecule has 0 aliphatic rings. The Labute approximate surface area is 112 Å². The van der Waals surface area contributed by atoms with Crippen LogP contribution in [0.5, 0.6) is 0 Å². The van der Waals surface area contributed by atoms with E-state index in [0.29, 0.717) is 0 Å². The van der Waals surface area contributed by atoms with Crippen molar-refractivity contribution in [3.63, 3.8) is 0 Å². The van der Waals surface area contributed by atoms with Crippen molar-refractivity contribution < 1.29 is 39.0 Å². The number of aliphatic hydroxyl groups is 1. The van der Waals surface area contributed by atoms with Crippen LogP contribution in [-0.2, 0) is 25.2 Å². The average molecular weight is 298 g/mol. The Morgan fingerprint density at radius 1 is 0.947 bits per heavy atom. The number of carbonyl (C=O) groups is 3. The highest BCUT2D eigenvalue weighted by Crippen LogP contribution is 2.15. The van der Waals surface area contributed by atoms with Crippen LogP contribution in [0.3, 0.4) is 0 Å². The quantitative estimate of drug-likeness (QED) is 0.492. The van der Waals surface area contributed by atoms with Crippen LogP contribution in [-0.4, -0.2) is 59.6 Å². The standard InChI is InChI=1S/C6H8O7.C4H10OS/c7-3(8)1-6(13,5(11)12)2-4(9)10;1-3-6(5)4-2/h13H,1-2H2,(H,7,8)(H,9,10)(H,11,12);3-4H2,1-2H3. The Morgan fingerprint density at radius 3 is 1.37 bits per heavy atom. The summed E-state index contributed by atoms with van der Waals surface area (Å²) in [4.78, 5) is 30.5. The zero-order valence-electron chi connectivity index (χ0n) is 10.7. The van der Waals surface area contributed by atoms with Crippen molar-refractivity contribution in [2.45, 2.75) is 32.3 Å². The maximum Gasteiger partial charge on any atom is 0.336 e. The van der Waals surface area contributed by atoms with Crippen molar-refractivity contribution in [1.29, 1.82) is 0 Å². The molecule has 0 aromatic carbocycles. The van der Waals surface area contributed by atoms with Gasteiger partial charge < -0.3 is 20.4 Å². The molecule has 0 radical (unpaired) electrons. The summed E-state index contributed by atoms with van der Waals surface area (Å²) in [5.41, 5.74) is -2.74. The largest absolute Gasteiger partial charge is 0.481 e. The second-order valence-electron chi connectivity index (χ2n) is 3.49. The zero-order valence-corrected chi connectivity index (χ0v) is 11.5. The second kappa shape index (κ2) is 9.45. The Hall–Kier alpha value is -1.48. The van der Waals surface area contributed by atoms with Gasteiger partial charge in [0.2, 0.25) is 0 Å². The van der Waals surface area contributed by atoms with E-state index >= 15 is 0 Å². The Kier molecular flexibility index (Phi) is 9.87. The highest BCUT2D eigenvalue weighted by Gasteiger charge is 2.40. The number of rotatable bonds is 7. The lowest BCUT2D eigenvalue weighted by molar-refractivity contribution is -0.170. The van der Waals surface area contributed by atoms with Crippen LogP contribution in [0.15, 0.2) is 0 Å². The summed E-state index contributed by atoms with van der Waals surface area (Å²) in [5, 5.41) is 33.8. The predicted molar refractivity (Wildman–Crippen MR) is 66.3 cm³/mol. The van der Waals surface area contributed by atoms with Gasteiger partial charge in [-0.1, -0.05) is 13.8 Å². The SMILES string of the molecule is CCS(=O)CC.O=C(O)CC(O)(CC(=O)O)C(=O)O. The summed E-state index contributed by atoms with van der Waals surface area (Å²) in [5.74, 6) is -3.41. The van der Waals surface area contributed by atoms with Gasteiger partial charge in [0.05, 0.1) is 12.8 Å². The van der Waals surface area contributed by atoms with Crippen LogP contribution in [0.1, 0.15) is 26.7 Å². The van der Waals surface area contributed by atoms with E-state index in [1.807, 2.05) is 13.8 Å². The van der Waals surface area contributed by atoms with Crippen molar-refractivity contribution >= 4 is 28.7 Å². The molecule has 0 saturated heterocycles. The molecule has 8 nitrogen and oxygen atoms in total. The van der Waals surface area contributed by atoms with Crippen molar-refractivity contribution in [3.8, 4) is 0 Å². The molecule has 0 spiro atoms. The zero-order chi connectivity index (χ0) is 15.6. The molecule has 0 heterocycles. The fourth-order valence-electron chi connectivity index (χ4n) is 0.918. The molecule has 0 aromatic heterocycles. The Morgan fingerprint density at radius 2 is 1.26 bits per heavy atom. The van der Waals surface area contributed by atoms with Gasteiger partial charge in [-0.05, 0) is 0 Å². The fraction of sp³-hybridized carbons (Fsp3) is 0.700. The molecule has 0 bridgehead atoms. The minimum Gasteiger partial charge on any atom is -0.481 e. The van der Waals surface area contributed by atoms with Crippen LogP contribution in [0, 0.1) is 0 Å². The highest BCUT2D eigenvalue weighted by molar-refractivity contribution is 7.84. The van der Waals surface area contributed by atoms with Crippen LogP contribution < -0.4 is 0 Å². The number of hydrogen-bond donors (Lipinski definition) is 4. The van der Waals surface area contributed by atoms with Gasteiger partial charge in [-0.25, -0.2) is 4.79 Å². The van der Waals surface area contributed by atoms with Crippen molar-refractivity contribution in [1.82, 2.24) is 0 Å². The number of carboxylic acids is 3. The summed E-state index contributed by atoms with van der Waals surface area (Å²) >= 11 is 0. The molecule has 0 rings (SSSR count). The van der Waals surface area contributed by atoms with Crippen molar-refractivity contribution in [3.05, 3.63) is 0 Å². The summed E-state index contributed by atoms with van der Waals surface area (Å²) in [6.07, 6.45) is -2.29. The lowest BCUT2D eigenvalue weighted by Gasteiger charge is -2.18. The minimum absolute atomic E-state index is 0.534. The molecular formula is C10H18O8S. The topological polar surface area (TPSA) is 149 Å². The molecule has 0 unspecified atom stereocenters. The highest BCUT2D eigenvalue weighted by atomic mass is 32.2. The van der Waals surface area contributed by atoms with E-state index in [-0.39, 0.29) is 0 Å². The Bertz CT molecular complexity index is 329. The van der Waals surface area contributed by atoms with Crippen molar-refractivity contribution in [2.75, 3.05) is 11.5 Å². The van der Waals surface area contributed by atoms with Gasteiger partial charge in [0.1, 0.15) is 0 Å². The maximum absolute atomic E-state index is 10.3. The molecule has 4 N–H and O–H groups in total. The Balaban J connectivity index is 0. The summed E-state index contributed by atoms with van der Waals surface area (Å²) in [6.45, 7) is 3.86. The summed E-state index contributed by atoms with van der Waals surface area (Å²) < 4.78 is 10.3. The first-order valence-corrected chi connectivity index (χ1v) is 6.82. The maximum atomic E-state index is 10.3. The second-order valence-corrected chi connectivity index (χ2v) is 5.53. The number of aliphatic carboxylic acids is 3. The first-order chi connectivity index (χ1) is 8.58. The molecule has 0 amide bonds. The minimum atomic E-state index is -2.74. The average Bonchev–Trinajstić information content (AvgIpc) is 2.26. The van der Waals surface area contributed by atoms with Gasteiger partial charge in [0.15, 0.2) is 5.60 Å². The monoisotopic (exact) mass is 298 g/mol. The van der Waals surface area contributed by atoms with E-state index < -0.39 is 47.2 Å². The molecule has 0 aliphatic carbocycles. The van der Waals surface area contributed by atoms with Gasteiger partial charge in [0.25, 0.3) is 0 Å². The third-order valence-electron chi connectivity index (χ3n) is 1.93. The van der Waals surface area contributed by atoms with Gasteiger partial charge >= 0.3 is 17.9 Å². The third-order valence-corrected chi connectivity index (χ3v) is 3.22. The van der Waals surface area contributed by atoms with E-state index in [0.717, 1.165) is 11.5 Å². The first kappa shape index (κ1) is 19.9. The van der Waals surface area contributed by atoms with Gasteiger partial charge in [0, 0.05) is 22.3 Å². The lowest BCUT2D eigenvalue weighted by atomic mass is 9.96. The van der Waals surface area contributed by atoms with Crippen molar-refractivity contribution in [2.24, 2.45) is 0 Å². The molecule has 112 valence electrons. The van der Waals surface area contributed by atoms with E-state index in [9.17, 15) is 18.6 Å². The number of hydrogen-bond acceptors (Lipinski definition) is 5. The van der Waals surface area contributed by atoms with Crippen LogP contribution >= 0.6 is 0 Å². The molecule has 0 fully saturated rings. The normalized spacial score (nSPS) is 10.5. The third kappa shape index (κ3) is 10.2. The molecule has 9 heteroatoms. The first-order valence-electron chi connectivity index (χ1n) is 5.33. The van der Waals surface area contributed by atoms with E-state index in [2.05, 4.69) is 0 Å². The molecule has 0 atom stereocenters. The summed E-state index contributed by atoms with van der Waals surface area (Å²) in [6, 6.07) is 0. The fourth-order valence-corrected chi connectivity index (χ4v) is 1.33. The van der Waals surface area contributed by atoms with Gasteiger partial charge in [-0.2, -0.15) is 0 Å². The molecule has 0 aromatic rings. The lowest BCUT2D eigenvalue weighted by Crippen LogP contribution is -2.42. The molecular weight excluding hydrogens is 280 g/mol. The van der Waals surface area contributed by atoms with Crippen LogP contribution in [0.25, 0.3) is 0 Å². The van der Waals surface area contributed by atoms with E-state index in [4.69, 9.17) is 20.4 Å². The van der Waals surface area contributed by atoms with E-state index in [1.165, 1.54) is 0 Å². The molecule has 0 saturated carbocycles. The van der Waals surface area contributed by atoms with E-state index in [1.54, 1.807) is 0 Å². The number of carboxylic acid groups (broad SMARTS) is 3.